The summed E-state index contributed by atoms with van der Waals surface area (Å²) < 4.78 is 10.5. The molecule has 18 heavy (non-hydrogen) atoms. The van der Waals surface area contributed by atoms with Crippen LogP contribution in [0.1, 0.15) is 38.8 Å². The van der Waals surface area contributed by atoms with E-state index in [1.807, 2.05) is 31.2 Å². The third kappa shape index (κ3) is 4.37. The van der Waals surface area contributed by atoms with Gasteiger partial charge in [0, 0.05) is 11.6 Å². The first-order valence-corrected chi connectivity index (χ1v) is 6.21. The molecule has 4 heteroatoms. The van der Waals surface area contributed by atoms with Gasteiger partial charge in [-0.05, 0) is 26.3 Å². The van der Waals surface area contributed by atoms with Gasteiger partial charge in [-0.25, -0.2) is 4.79 Å². The van der Waals surface area contributed by atoms with E-state index < -0.39 is 0 Å². The molecule has 1 aromatic carbocycles. The number of hydrogen-bond acceptors (Lipinski definition) is 4. The van der Waals surface area contributed by atoms with Crippen molar-refractivity contribution in [2.24, 2.45) is 5.73 Å². The van der Waals surface area contributed by atoms with Crippen LogP contribution in [0.15, 0.2) is 24.3 Å². The molecule has 1 unspecified atom stereocenters. The van der Waals surface area contributed by atoms with E-state index >= 15 is 0 Å². The van der Waals surface area contributed by atoms with Crippen LogP contribution in [-0.4, -0.2) is 18.7 Å². The molecule has 0 bridgehead atoms. The van der Waals surface area contributed by atoms with Gasteiger partial charge in [-0.15, -0.1) is 0 Å². The van der Waals surface area contributed by atoms with Crippen molar-refractivity contribution < 1.29 is 14.3 Å². The van der Waals surface area contributed by atoms with E-state index in [2.05, 4.69) is 0 Å². The number of hydrogen-bond donors (Lipinski definition) is 1. The van der Waals surface area contributed by atoms with Crippen molar-refractivity contribution >= 4 is 5.97 Å². The van der Waals surface area contributed by atoms with Crippen LogP contribution in [-0.2, 0) is 9.53 Å². The molecule has 0 spiro atoms. The molecule has 100 valence electrons. The van der Waals surface area contributed by atoms with Crippen molar-refractivity contribution in [2.75, 3.05) is 6.61 Å². The summed E-state index contributed by atoms with van der Waals surface area (Å²) in [7, 11) is 0. The van der Waals surface area contributed by atoms with E-state index in [9.17, 15) is 4.79 Å². The van der Waals surface area contributed by atoms with Crippen LogP contribution in [0.4, 0.5) is 0 Å². The van der Waals surface area contributed by atoms with Crippen molar-refractivity contribution in [3.63, 3.8) is 0 Å². The highest BCUT2D eigenvalue weighted by molar-refractivity contribution is 5.71. The van der Waals surface area contributed by atoms with Gasteiger partial charge in [0.05, 0.1) is 6.10 Å². The Morgan fingerprint density at radius 1 is 1.33 bits per heavy atom. The third-order valence-electron chi connectivity index (χ3n) is 2.47. The van der Waals surface area contributed by atoms with Crippen molar-refractivity contribution in [1.82, 2.24) is 0 Å². The number of nitrogens with two attached hydrogens (primary N) is 1. The summed E-state index contributed by atoms with van der Waals surface area (Å²) in [6.45, 7) is 5.53. The highest BCUT2D eigenvalue weighted by atomic mass is 16.6. The van der Waals surface area contributed by atoms with Crippen molar-refractivity contribution in [3.05, 3.63) is 29.8 Å². The molecule has 0 fully saturated rings. The highest BCUT2D eigenvalue weighted by Gasteiger charge is 2.12. The summed E-state index contributed by atoms with van der Waals surface area (Å²) in [5.41, 5.74) is 6.90. The Bertz CT molecular complexity index is 390. The first-order chi connectivity index (χ1) is 8.54. The molecule has 0 aliphatic rings. The highest BCUT2D eigenvalue weighted by Crippen LogP contribution is 2.25. The minimum Gasteiger partial charge on any atom is -0.482 e. The quantitative estimate of drug-likeness (QED) is 0.789. The van der Waals surface area contributed by atoms with Crippen molar-refractivity contribution in [2.45, 2.75) is 39.3 Å². The maximum absolute atomic E-state index is 11.4. The lowest BCUT2D eigenvalue weighted by Crippen LogP contribution is -2.20. The molecule has 0 aromatic heterocycles. The van der Waals surface area contributed by atoms with Gasteiger partial charge in [0.25, 0.3) is 0 Å². The molecule has 2 N–H and O–H groups in total. The lowest BCUT2D eigenvalue weighted by molar-refractivity contribution is -0.149. The zero-order valence-electron chi connectivity index (χ0n) is 11.2. The SMILES string of the molecule is CCC(N)c1ccccc1OCC(=O)OC(C)C. The van der Waals surface area contributed by atoms with Gasteiger partial charge in [-0.1, -0.05) is 25.1 Å². The van der Waals surface area contributed by atoms with Gasteiger partial charge < -0.3 is 15.2 Å². The number of ether oxygens (including phenoxy) is 2. The van der Waals surface area contributed by atoms with Crippen LogP contribution in [0.5, 0.6) is 5.75 Å². The standard InChI is InChI=1S/C14H21NO3/c1-4-12(15)11-7-5-6-8-13(11)17-9-14(16)18-10(2)3/h5-8,10,12H,4,9,15H2,1-3H3. The van der Waals surface area contributed by atoms with Crippen LogP contribution in [0, 0.1) is 0 Å². The lowest BCUT2D eigenvalue weighted by Gasteiger charge is -2.15. The smallest absolute Gasteiger partial charge is 0.344 e. The summed E-state index contributed by atoms with van der Waals surface area (Å²) in [5, 5.41) is 0. The predicted molar refractivity (Wildman–Crippen MR) is 70.4 cm³/mol. The summed E-state index contributed by atoms with van der Waals surface area (Å²) in [6, 6.07) is 7.41. The second kappa shape index (κ2) is 7.01. The normalized spacial score (nSPS) is 12.3. The monoisotopic (exact) mass is 251 g/mol. The second-order valence-electron chi connectivity index (χ2n) is 4.38. The van der Waals surface area contributed by atoms with Gasteiger partial charge in [0.1, 0.15) is 5.75 Å². The second-order valence-corrected chi connectivity index (χ2v) is 4.38. The summed E-state index contributed by atoms with van der Waals surface area (Å²) in [4.78, 5) is 11.4. The van der Waals surface area contributed by atoms with Crippen LogP contribution >= 0.6 is 0 Å². The average molecular weight is 251 g/mol. The molecule has 0 saturated heterocycles. The molecule has 0 radical (unpaired) electrons. The van der Waals surface area contributed by atoms with E-state index in [0.29, 0.717) is 5.75 Å². The third-order valence-corrected chi connectivity index (χ3v) is 2.47. The Morgan fingerprint density at radius 3 is 2.61 bits per heavy atom. The molecule has 1 aromatic rings. The molecule has 0 saturated carbocycles. The maximum atomic E-state index is 11.4. The van der Waals surface area contributed by atoms with E-state index in [1.165, 1.54) is 0 Å². The Labute approximate surface area is 108 Å². The lowest BCUT2D eigenvalue weighted by atomic mass is 10.0. The van der Waals surface area contributed by atoms with Gasteiger partial charge in [0.2, 0.25) is 0 Å². The van der Waals surface area contributed by atoms with Gasteiger partial charge >= 0.3 is 5.97 Å². The zero-order valence-corrected chi connectivity index (χ0v) is 11.2. The van der Waals surface area contributed by atoms with E-state index in [-0.39, 0.29) is 24.7 Å². The minimum absolute atomic E-state index is 0.0812. The van der Waals surface area contributed by atoms with Crippen LogP contribution < -0.4 is 10.5 Å². The van der Waals surface area contributed by atoms with Crippen LogP contribution in [0.2, 0.25) is 0 Å². The number of carbonyl (C=O) groups is 1. The Morgan fingerprint density at radius 2 is 2.00 bits per heavy atom. The number of para-hydroxylation sites is 1. The summed E-state index contributed by atoms with van der Waals surface area (Å²) >= 11 is 0. The molecule has 0 aliphatic carbocycles. The Kier molecular flexibility index (Phi) is 5.65. The molecule has 0 aliphatic heterocycles. The first kappa shape index (κ1) is 14.5. The van der Waals surface area contributed by atoms with E-state index in [1.54, 1.807) is 13.8 Å². The van der Waals surface area contributed by atoms with Crippen LogP contribution in [0.25, 0.3) is 0 Å². The molecular weight excluding hydrogens is 230 g/mol. The Balaban J connectivity index is 2.64. The van der Waals surface area contributed by atoms with Crippen LogP contribution in [0.3, 0.4) is 0 Å². The fraction of sp³-hybridized carbons (Fsp3) is 0.500. The van der Waals surface area contributed by atoms with E-state index in [4.69, 9.17) is 15.2 Å². The van der Waals surface area contributed by atoms with E-state index in [0.717, 1.165) is 12.0 Å². The zero-order chi connectivity index (χ0) is 13.5. The van der Waals surface area contributed by atoms with Gasteiger partial charge in [0.15, 0.2) is 6.61 Å². The largest absolute Gasteiger partial charge is 0.482 e. The number of benzene rings is 1. The molecule has 1 rings (SSSR count). The summed E-state index contributed by atoms with van der Waals surface area (Å²) in [6.07, 6.45) is 0.686. The number of rotatable bonds is 6. The van der Waals surface area contributed by atoms with Crippen molar-refractivity contribution in [1.29, 1.82) is 0 Å². The fourth-order valence-corrected chi connectivity index (χ4v) is 1.57. The molecule has 0 amide bonds. The fourth-order valence-electron chi connectivity index (χ4n) is 1.57. The molecule has 0 heterocycles. The summed E-state index contributed by atoms with van der Waals surface area (Å²) in [5.74, 6) is 0.275. The average Bonchev–Trinajstić information content (AvgIpc) is 2.35. The van der Waals surface area contributed by atoms with Gasteiger partial charge in [-0.2, -0.15) is 0 Å². The molecule has 1 atom stereocenters. The number of esters is 1. The van der Waals surface area contributed by atoms with Gasteiger partial charge in [-0.3, -0.25) is 0 Å². The first-order valence-electron chi connectivity index (χ1n) is 6.21. The minimum atomic E-state index is -0.370. The predicted octanol–water partition coefficient (Wildman–Crippen LogP) is 2.43. The Hall–Kier alpha value is -1.55. The topological polar surface area (TPSA) is 61.5 Å². The molecule has 4 nitrogen and oxygen atoms in total. The number of carbonyl (C=O) groups excluding carboxylic acids is 1. The molecular formula is C14H21NO3. The van der Waals surface area contributed by atoms with Crippen molar-refractivity contribution in [3.8, 4) is 5.75 Å². The maximum Gasteiger partial charge on any atom is 0.344 e.